The number of fused-ring (bicyclic) bond motifs is 1. The minimum Gasteiger partial charge on any atom is -0.405 e. The van der Waals surface area contributed by atoms with Gasteiger partial charge in [0.05, 0.1) is 18.1 Å². The summed E-state index contributed by atoms with van der Waals surface area (Å²) in [5, 5.41) is 5.28. The van der Waals surface area contributed by atoms with Crippen molar-refractivity contribution in [1.29, 1.82) is 0 Å². The molecule has 9 nitrogen and oxygen atoms in total. The Hall–Kier alpha value is -4.08. The highest BCUT2D eigenvalue weighted by Gasteiger charge is 2.24. The Labute approximate surface area is 196 Å². The van der Waals surface area contributed by atoms with Crippen LogP contribution in [0.5, 0.6) is 5.75 Å². The third-order valence-electron chi connectivity index (χ3n) is 5.30. The maximum absolute atomic E-state index is 14.2. The lowest BCUT2D eigenvalue weighted by Crippen LogP contribution is -2.43. The fourth-order valence-corrected chi connectivity index (χ4v) is 3.81. The lowest BCUT2D eigenvalue weighted by atomic mass is 10.2. The first-order valence-electron chi connectivity index (χ1n) is 10.9. The second-order valence-corrected chi connectivity index (χ2v) is 8.38. The Balaban J connectivity index is 1.67. The van der Waals surface area contributed by atoms with E-state index in [1.807, 2.05) is 33.8 Å². The molecule has 2 N–H and O–H groups in total. The van der Waals surface area contributed by atoms with E-state index in [0.29, 0.717) is 22.3 Å². The quantitative estimate of drug-likeness (QED) is 0.454. The number of anilines is 1. The highest BCUT2D eigenvalue weighted by Crippen LogP contribution is 2.28. The van der Waals surface area contributed by atoms with Gasteiger partial charge in [0.15, 0.2) is 23.0 Å². The summed E-state index contributed by atoms with van der Waals surface area (Å²) < 4.78 is 21.3. The van der Waals surface area contributed by atoms with Crippen LogP contribution in [0.25, 0.3) is 22.6 Å². The number of pyridine rings is 1. The smallest absolute Gasteiger partial charge is 0.405 e. The molecule has 0 aliphatic heterocycles. The van der Waals surface area contributed by atoms with Crippen molar-refractivity contribution in [3.8, 4) is 17.3 Å². The summed E-state index contributed by atoms with van der Waals surface area (Å²) in [4.78, 5) is 27.3. The number of nitrogens with two attached hydrogens (primary N) is 1. The normalized spacial score (nSPS) is 11.4. The predicted octanol–water partition coefficient (Wildman–Crippen LogP) is 4.28. The van der Waals surface area contributed by atoms with E-state index in [1.165, 1.54) is 12.3 Å². The zero-order chi connectivity index (χ0) is 24.4. The van der Waals surface area contributed by atoms with E-state index in [-0.39, 0.29) is 41.8 Å². The van der Waals surface area contributed by atoms with Crippen LogP contribution in [0.4, 0.5) is 15.0 Å². The predicted molar refractivity (Wildman–Crippen MR) is 127 cm³/mol. The van der Waals surface area contributed by atoms with Crippen LogP contribution in [0.1, 0.15) is 33.3 Å². The fraction of sp³-hybridized carbons (Fsp3) is 0.292. The molecule has 1 amide bonds. The molecule has 3 heterocycles. The van der Waals surface area contributed by atoms with Crippen LogP contribution < -0.4 is 10.5 Å². The number of aromatic nitrogens is 5. The number of rotatable bonds is 6. The molecule has 0 radical (unpaired) electrons. The first-order valence-corrected chi connectivity index (χ1v) is 10.9. The Morgan fingerprint density at radius 2 is 1.85 bits per heavy atom. The molecule has 0 atom stereocenters. The Morgan fingerprint density at radius 1 is 1.12 bits per heavy atom. The summed E-state index contributed by atoms with van der Waals surface area (Å²) in [7, 11) is 0. The maximum Gasteiger partial charge on any atom is 0.415 e. The van der Waals surface area contributed by atoms with Gasteiger partial charge < -0.3 is 15.4 Å². The largest absolute Gasteiger partial charge is 0.415 e. The molecule has 1 aromatic carbocycles. The average Bonchev–Trinajstić information content (AvgIpc) is 3.15. The molecule has 34 heavy (non-hydrogen) atoms. The zero-order valence-corrected chi connectivity index (χ0v) is 19.4. The molecular weight excluding hydrogens is 437 g/mol. The van der Waals surface area contributed by atoms with Crippen molar-refractivity contribution in [2.45, 2.75) is 46.3 Å². The molecule has 0 unspecified atom stereocenters. The average molecular weight is 464 g/mol. The summed E-state index contributed by atoms with van der Waals surface area (Å²) in [5.74, 6) is -0.0148. The van der Waals surface area contributed by atoms with Gasteiger partial charge in [-0.2, -0.15) is 5.10 Å². The molecule has 10 heteroatoms. The Morgan fingerprint density at radius 3 is 2.53 bits per heavy atom. The summed E-state index contributed by atoms with van der Waals surface area (Å²) in [6.07, 6.45) is 2.46. The van der Waals surface area contributed by atoms with Crippen molar-refractivity contribution >= 4 is 22.9 Å². The minimum atomic E-state index is -0.531. The molecule has 0 saturated heterocycles. The van der Waals surface area contributed by atoms with Crippen LogP contribution in [0.15, 0.2) is 48.8 Å². The van der Waals surface area contributed by atoms with Gasteiger partial charge in [-0.15, -0.1) is 0 Å². The lowest BCUT2D eigenvalue weighted by molar-refractivity contribution is 0.122. The number of hydrogen-bond acceptors (Lipinski definition) is 7. The van der Waals surface area contributed by atoms with Crippen LogP contribution in [-0.4, -0.2) is 47.8 Å². The number of benzene rings is 1. The lowest BCUT2D eigenvalue weighted by Gasteiger charge is -2.29. The third kappa shape index (κ3) is 4.52. The van der Waals surface area contributed by atoms with Crippen molar-refractivity contribution in [3.63, 3.8) is 0 Å². The number of hydrogen-bond donors (Lipinski definition) is 1. The molecule has 176 valence electrons. The number of nitrogen functional groups attached to an aromatic ring is 1. The van der Waals surface area contributed by atoms with Crippen molar-refractivity contribution < 1.29 is 13.9 Å². The van der Waals surface area contributed by atoms with Crippen LogP contribution in [0.3, 0.4) is 0 Å². The molecule has 4 rings (SSSR count). The maximum atomic E-state index is 14.2. The van der Waals surface area contributed by atoms with E-state index in [1.54, 1.807) is 40.0 Å². The van der Waals surface area contributed by atoms with Crippen LogP contribution >= 0.6 is 0 Å². The first kappa shape index (κ1) is 23.1. The number of nitrogens with zero attached hydrogens (tertiary/aromatic N) is 6. The number of carbonyl (C=O) groups is 1. The SMILES string of the molecule is CC(C)N(C(=O)Oc1cnc(-c2nn(Cc3ccccc3F)c3ncccc23)nc1N)C(C)C. The molecule has 0 spiro atoms. The topological polar surface area (TPSA) is 112 Å². The van der Waals surface area contributed by atoms with Crippen LogP contribution in [0.2, 0.25) is 0 Å². The highest BCUT2D eigenvalue weighted by atomic mass is 19.1. The Bertz CT molecular complexity index is 1330. The summed E-state index contributed by atoms with van der Waals surface area (Å²) in [6.45, 7) is 7.80. The zero-order valence-electron chi connectivity index (χ0n) is 19.4. The second-order valence-electron chi connectivity index (χ2n) is 8.38. The molecular formula is C24H26FN7O2. The van der Waals surface area contributed by atoms with E-state index >= 15 is 0 Å². The Kier molecular flexibility index (Phi) is 6.40. The van der Waals surface area contributed by atoms with Crippen LogP contribution in [0, 0.1) is 5.82 Å². The molecule has 0 aliphatic carbocycles. The molecule has 0 bridgehead atoms. The van der Waals surface area contributed by atoms with Crippen molar-refractivity contribution in [3.05, 3.63) is 60.2 Å². The standard InChI is InChI=1S/C24H26FN7O2/c1-14(2)32(15(3)4)24(33)34-19-12-28-22(29-21(19)26)20-17-9-7-11-27-23(17)31(30-20)13-16-8-5-6-10-18(16)25/h5-12,14-15H,13H2,1-4H3,(H2,26,28,29). The monoisotopic (exact) mass is 463 g/mol. The molecule has 0 aliphatic rings. The van der Waals surface area contributed by atoms with Gasteiger partial charge >= 0.3 is 6.09 Å². The number of amides is 1. The fourth-order valence-electron chi connectivity index (χ4n) is 3.81. The number of carbonyl (C=O) groups excluding carboxylic acids is 1. The third-order valence-corrected chi connectivity index (χ3v) is 5.30. The molecule has 0 fully saturated rings. The van der Waals surface area contributed by atoms with Gasteiger partial charge in [0.25, 0.3) is 0 Å². The van der Waals surface area contributed by atoms with Gasteiger partial charge in [-0.3, -0.25) is 0 Å². The molecule has 4 aromatic rings. The highest BCUT2D eigenvalue weighted by molar-refractivity contribution is 5.89. The van der Waals surface area contributed by atoms with Gasteiger partial charge in [-0.25, -0.2) is 28.8 Å². The summed E-state index contributed by atoms with van der Waals surface area (Å²) in [6, 6.07) is 10.0. The van der Waals surface area contributed by atoms with Gasteiger partial charge in [0.2, 0.25) is 0 Å². The van der Waals surface area contributed by atoms with Gasteiger partial charge in [0.1, 0.15) is 11.5 Å². The van der Waals surface area contributed by atoms with E-state index in [9.17, 15) is 9.18 Å². The summed E-state index contributed by atoms with van der Waals surface area (Å²) in [5.41, 5.74) is 7.58. The first-order chi connectivity index (χ1) is 16.3. The van der Waals surface area contributed by atoms with Gasteiger partial charge in [0, 0.05) is 23.8 Å². The summed E-state index contributed by atoms with van der Waals surface area (Å²) >= 11 is 0. The van der Waals surface area contributed by atoms with Crippen molar-refractivity contribution in [2.75, 3.05) is 5.73 Å². The second kappa shape index (κ2) is 9.42. The number of halogens is 1. The number of ether oxygens (including phenoxy) is 1. The van der Waals surface area contributed by atoms with Gasteiger partial charge in [-0.05, 0) is 45.9 Å². The van der Waals surface area contributed by atoms with E-state index in [0.717, 1.165) is 0 Å². The van der Waals surface area contributed by atoms with Gasteiger partial charge in [-0.1, -0.05) is 18.2 Å². The van der Waals surface area contributed by atoms with E-state index in [4.69, 9.17) is 10.5 Å². The minimum absolute atomic E-state index is 0.00602. The van der Waals surface area contributed by atoms with Crippen LogP contribution in [-0.2, 0) is 6.54 Å². The van der Waals surface area contributed by atoms with E-state index < -0.39 is 6.09 Å². The van der Waals surface area contributed by atoms with E-state index in [2.05, 4.69) is 20.1 Å². The molecule has 3 aromatic heterocycles. The molecule has 0 saturated carbocycles. The van der Waals surface area contributed by atoms with Crippen molar-refractivity contribution in [2.24, 2.45) is 0 Å². The van der Waals surface area contributed by atoms with Crippen molar-refractivity contribution in [1.82, 2.24) is 29.6 Å².